The average molecular weight is 210 g/mol. The first kappa shape index (κ1) is 11.4. The van der Waals surface area contributed by atoms with Gasteiger partial charge in [0.05, 0.1) is 0 Å². The van der Waals surface area contributed by atoms with Gasteiger partial charge in [0.15, 0.2) is 0 Å². The fourth-order valence-corrected chi connectivity index (χ4v) is 2.92. The molecule has 0 amide bonds. The van der Waals surface area contributed by atoms with Crippen molar-refractivity contribution in [1.29, 1.82) is 0 Å². The van der Waals surface area contributed by atoms with Gasteiger partial charge in [0.2, 0.25) is 0 Å². The summed E-state index contributed by atoms with van der Waals surface area (Å²) in [6, 6.07) is 0.837. The summed E-state index contributed by atoms with van der Waals surface area (Å²) >= 11 is 0. The third-order valence-corrected chi connectivity index (χ3v) is 3.91. The van der Waals surface area contributed by atoms with Crippen LogP contribution in [-0.2, 0) is 0 Å². The molecule has 0 atom stereocenters. The van der Waals surface area contributed by atoms with E-state index in [2.05, 4.69) is 10.2 Å². The summed E-state index contributed by atoms with van der Waals surface area (Å²) in [7, 11) is 0. The lowest BCUT2D eigenvalue weighted by molar-refractivity contribution is 0.222. The predicted molar refractivity (Wildman–Crippen MR) is 65.2 cm³/mol. The van der Waals surface area contributed by atoms with Crippen LogP contribution in [0.15, 0.2) is 0 Å². The molecular formula is C13H26N2. The van der Waals surface area contributed by atoms with E-state index in [1.165, 1.54) is 77.5 Å². The van der Waals surface area contributed by atoms with E-state index in [-0.39, 0.29) is 0 Å². The molecule has 0 aromatic heterocycles. The Morgan fingerprint density at radius 1 is 0.867 bits per heavy atom. The summed E-state index contributed by atoms with van der Waals surface area (Å²) in [5.74, 6) is 0. The standard InChI is InChI=1S/C13H26N2/c1-3-7-13(8-4-1)14-9-12-15-10-5-2-6-11-15/h13-14H,1-12H2. The van der Waals surface area contributed by atoms with Gasteiger partial charge in [-0.2, -0.15) is 0 Å². The van der Waals surface area contributed by atoms with Crippen LogP contribution in [0, 0.1) is 0 Å². The Bertz CT molecular complexity index is 140. The number of likely N-dealkylation sites (tertiary alicyclic amines) is 1. The smallest absolute Gasteiger partial charge is 0.0107 e. The third-order valence-electron chi connectivity index (χ3n) is 3.91. The highest BCUT2D eigenvalue weighted by atomic mass is 15.1. The molecule has 0 bridgehead atoms. The van der Waals surface area contributed by atoms with Gasteiger partial charge in [-0.3, -0.25) is 0 Å². The first-order valence-corrected chi connectivity index (χ1v) is 6.91. The molecule has 2 aliphatic rings. The van der Waals surface area contributed by atoms with E-state index in [1.54, 1.807) is 0 Å². The fourth-order valence-electron chi connectivity index (χ4n) is 2.92. The van der Waals surface area contributed by atoms with Crippen LogP contribution in [-0.4, -0.2) is 37.1 Å². The molecule has 0 spiro atoms. The highest BCUT2D eigenvalue weighted by Crippen LogP contribution is 2.17. The minimum absolute atomic E-state index is 0.837. The number of rotatable bonds is 4. The Hall–Kier alpha value is -0.0800. The van der Waals surface area contributed by atoms with Crippen LogP contribution in [0.1, 0.15) is 51.4 Å². The quantitative estimate of drug-likeness (QED) is 0.766. The van der Waals surface area contributed by atoms with Crippen molar-refractivity contribution >= 4 is 0 Å². The zero-order valence-electron chi connectivity index (χ0n) is 10.0. The lowest BCUT2D eigenvalue weighted by Gasteiger charge is -2.28. The second-order valence-electron chi connectivity index (χ2n) is 5.19. The van der Waals surface area contributed by atoms with Crippen LogP contribution in [0.2, 0.25) is 0 Å². The van der Waals surface area contributed by atoms with E-state index in [1.807, 2.05) is 0 Å². The van der Waals surface area contributed by atoms with Crippen molar-refractivity contribution in [1.82, 2.24) is 10.2 Å². The summed E-state index contributed by atoms with van der Waals surface area (Å²) in [5.41, 5.74) is 0. The van der Waals surface area contributed by atoms with E-state index in [9.17, 15) is 0 Å². The van der Waals surface area contributed by atoms with Gasteiger partial charge in [0, 0.05) is 19.1 Å². The van der Waals surface area contributed by atoms with Gasteiger partial charge in [-0.15, -0.1) is 0 Å². The van der Waals surface area contributed by atoms with E-state index in [4.69, 9.17) is 0 Å². The average Bonchev–Trinajstić information content (AvgIpc) is 2.32. The molecule has 2 rings (SSSR count). The van der Waals surface area contributed by atoms with E-state index in [0.717, 1.165) is 6.04 Å². The van der Waals surface area contributed by atoms with E-state index in [0.29, 0.717) is 0 Å². The van der Waals surface area contributed by atoms with Crippen molar-refractivity contribution < 1.29 is 0 Å². The largest absolute Gasteiger partial charge is 0.313 e. The fraction of sp³-hybridized carbons (Fsp3) is 1.00. The monoisotopic (exact) mass is 210 g/mol. The summed E-state index contributed by atoms with van der Waals surface area (Å²) in [6.45, 7) is 5.17. The second kappa shape index (κ2) is 6.49. The minimum Gasteiger partial charge on any atom is -0.313 e. The molecule has 15 heavy (non-hydrogen) atoms. The van der Waals surface area contributed by atoms with Gasteiger partial charge < -0.3 is 10.2 Å². The first-order valence-electron chi connectivity index (χ1n) is 6.91. The summed E-state index contributed by atoms with van der Waals surface area (Å²) < 4.78 is 0. The van der Waals surface area contributed by atoms with Crippen LogP contribution in [0.5, 0.6) is 0 Å². The first-order chi connectivity index (χ1) is 7.45. The van der Waals surface area contributed by atoms with Gasteiger partial charge in [-0.25, -0.2) is 0 Å². The maximum Gasteiger partial charge on any atom is 0.0107 e. The zero-order valence-corrected chi connectivity index (χ0v) is 10.0. The molecule has 1 N–H and O–H groups in total. The molecule has 2 fully saturated rings. The summed E-state index contributed by atoms with van der Waals surface area (Å²) in [6.07, 6.45) is 11.5. The molecule has 1 heterocycles. The number of nitrogens with one attached hydrogen (secondary N) is 1. The molecule has 0 aromatic carbocycles. The van der Waals surface area contributed by atoms with Crippen LogP contribution >= 0.6 is 0 Å². The zero-order chi connectivity index (χ0) is 10.3. The SMILES string of the molecule is C1CCC(NCCN2CCCCC2)CC1. The lowest BCUT2D eigenvalue weighted by atomic mass is 9.95. The lowest BCUT2D eigenvalue weighted by Crippen LogP contribution is -2.39. The second-order valence-corrected chi connectivity index (χ2v) is 5.19. The Kier molecular flexibility index (Phi) is 4.94. The minimum atomic E-state index is 0.837. The number of piperidine rings is 1. The van der Waals surface area contributed by atoms with Crippen molar-refractivity contribution in [3.8, 4) is 0 Å². The number of hydrogen-bond acceptors (Lipinski definition) is 2. The third kappa shape index (κ3) is 4.12. The van der Waals surface area contributed by atoms with Gasteiger partial charge in [0.25, 0.3) is 0 Å². The molecule has 0 unspecified atom stereocenters. The number of nitrogens with zero attached hydrogens (tertiary/aromatic N) is 1. The molecule has 0 aromatic rings. The molecule has 1 saturated carbocycles. The van der Waals surface area contributed by atoms with E-state index < -0.39 is 0 Å². The Balaban J connectivity index is 1.53. The highest BCUT2D eigenvalue weighted by Gasteiger charge is 2.13. The van der Waals surface area contributed by atoms with Crippen molar-refractivity contribution in [3.05, 3.63) is 0 Å². The van der Waals surface area contributed by atoms with Crippen molar-refractivity contribution in [2.24, 2.45) is 0 Å². The van der Waals surface area contributed by atoms with Crippen LogP contribution < -0.4 is 5.32 Å². The topological polar surface area (TPSA) is 15.3 Å². The van der Waals surface area contributed by atoms with Gasteiger partial charge >= 0.3 is 0 Å². The summed E-state index contributed by atoms with van der Waals surface area (Å²) in [4.78, 5) is 2.62. The van der Waals surface area contributed by atoms with Crippen molar-refractivity contribution in [2.75, 3.05) is 26.2 Å². The molecule has 2 heteroatoms. The molecule has 2 nitrogen and oxygen atoms in total. The van der Waals surface area contributed by atoms with Crippen LogP contribution in [0.4, 0.5) is 0 Å². The number of hydrogen-bond donors (Lipinski definition) is 1. The van der Waals surface area contributed by atoms with Gasteiger partial charge in [-0.1, -0.05) is 25.7 Å². The van der Waals surface area contributed by atoms with Crippen LogP contribution in [0.3, 0.4) is 0 Å². The molecule has 1 aliphatic heterocycles. The molecular weight excluding hydrogens is 184 g/mol. The van der Waals surface area contributed by atoms with E-state index >= 15 is 0 Å². The Morgan fingerprint density at radius 3 is 2.27 bits per heavy atom. The molecule has 1 saturated heterocycles. The van der Waals surface area contributed by atoms with Crippen molar-refractivity contribution in [3.63, 3.8) is 0 Å². The molecule has 0 radical (unpaired) electrons. The van der Waals surface area contributed by atoms with Gasteiger partial charge in [-0.05, 0) is 38.8 Å². The summed E-state index contributed by atoms with van der Waals surface area (Å²) in [5, 5.41) is 3.73. The van der Waals surface area contributed by atoms with Gasteiger partial charge in [0.1, 0.15) is 0 Å². The highest BCUT2D eigenvalue weighted by molar-refractivity contribution is 4.73. The Morgan fingerprint density at radius 2 is 1.53 bits per heavy atom. The normalized spacial score (nSPS) is 25.6. The van der Waals surface area contributed by atoms with Crippen LogP contribution in [0.25, 0.3) is 0 Å². The molecule has 1 aliphatic carbocycles. The van der Waals surface area contributed by atoms with Crippen molar-refractivity contribution in [2.45, 2.75) is 57.4 Å². The maximum atomic E-state index is 3.73. The Labute approximate surface area is 94.4 Å². The maximum absolute atomic E-state index is 3.73. The molecule has 88 valence electrons. The predicted octanol–water partition coefficient (Wildman–Crippen LogP) is 2.39.